The Labute approximate surface area is 226 Å². The quantitative estimate of drug-likeness (QED) is 0.214. The molecule has 0 fully saturated rings. The molecular weight excluding hydrogens is 545 g/mol. The summed E-state index contributed by atoms with van der Waals surface area (Å²) >= 11 is 0. The molecule has 0 saturated carbocycles. The van der Waals surface area contributed by atoms with Gasteiger partial charge in [-0.15, -0.1) is 0 Å². The van der Waals surface area contributed by atoms with Crippen molar-refractivity contribution in [2.75, 3.05) is 0 Å². The van der Waals surface area contributed by atoms with Gasteiger partial charge in [0.2, 0.25) is 0 Å². The summed E-state index contributed by atoms with van der Waals surface area (Å²) in [5, 5.41) is 0. The van der Waals surface area contributed by atoms with E-state index in [0.717, 1.165) is 56.2 Å². The van der Waals surface area contributed by atoms with Gasteiger partial charge in [-0.2, -0.15) is 0 Å². The maximum Gasteiger partial charge on any atom is 0.0886 e. The number of hydrogen-bond acceptors (Lipinski definition) is 4. The molecule has 0 atom stereocenters. The van der Waals surface area contributed by atoms with Crippen LogP contribution in [0.2, 0.25) is 0 Å². The van der Waals surface area contributed by atoms with Crippen molar-refractivity contribution in [2.45, 2.75) is 0 Å². The van der Waals surface area contributed by atoms with Crippen LogP contribution >= 0.6 is 0 Å². The summed E-state index contributed by atoms with van der Waals surface area (Å²) in [5.41, 5.74) is 9.69. The van der Waals surface area contributed by atoms with E-state index in [1.54, 1.807) is 12.4 Å². The minimum absolute atomic E-state index is 0. The van der Waals surface area contributed by atoms with Gasteiger partial charge < -0.3 is 9.97 Å². The summed E-state index contributed by atoms with van der Waals surface area (Å²) in [7, 11) is 0. The van der Waals surface area contributed by atoms with E-state index in [0.29, 0.717) is 0 Å². The molecule has 0 saturated heterocycles. The minimum Gasteiger partial charge on any atom is -0.355 e. The molecule has 37 heavy (non-hydrogen) atoms. The molecule has 8 bridgehead atoms. The van der Waals surface area contributed by atoms with Gasteiger partial charge in [0, 0.05) is 53.9 Å². The first kappa shape index (κ1) is 24.2. The topological polar surface area (TPSA) is 83.1 Å². The molecule has 5 aromatic heterocycles. The monoisotopic (exact) mass is 568 g/mol. The number of fused-ring (bicyclic) bond motifs is 8. The number of pyridine rings is 2. The van der Waals surface area contributed by atoms with Crippen LogP contribution in [0.1, 0.15) is 22.8 Å². The maximum atomic E-state index is 4.62. The number of hydrogen-bond donors (Lipinski definition) is 2. The van der Waals surface area contributed by atoms with Crippen LogP contribution in [0, 0.1) is 0 Å². The molecule has 7 rings (SSSR count). The summed E-state index contributed by atoms with van der Waals surface area (Å²) < 4.78 is 0. The molecule has 7 heteroatoms. The second-order valence-electron chi connectivity index (χ2n) is 8.34. The van der Waals surface area contributed by atoms with Gasteiger partial charge in [-0.05, 0) is 97.1 Å². The fraction of sp³-hybridized carbons (Fsp3) is 0. The predicted molar refractivity (Wildman–Crippen MR) is 146 cm³/mol. The van der Waals surface area contributed by atoms with Crippen LogP contribution in [0.15, 0.2) is 97.3 Å². The van der Waals surface area contributed by atoms with E-state index < -0.39 is 0 Å². The zero-order valence-electron chi connectivity index (χ0n) is 19.7. The fourth-order valence-electron chi connectivity index (χ4n) is 3.97. The predicted octanol–water partition coefficient (Wildman–Crippen LogP) is 6.80. The van der Waals surface area contributed by atoms with Crippen molar-refractivity contribution in [3.05, 3.63) is 120 Å². The van der Waals surface area contributed by atoms with Crippen LogP contribution in [0.4, 0.5) is 0 Å². The summed E-state index contributed by atoms with van der Waals surface area (Å²) in [5.74, 6) is 0. The zero-order chi connectivity index (χ0) is 24.2. The molecule has 0 radical (unpaired) electrons. The Morgan fingerprint density at radius 3 is 1.24 bits per heavy atom. The van der Waals surface area contributed by atoms with Gasteiger partial charge in [0.25, 0.3) is 0 Å². The van der Waals surface area contributed by atoms with Crippen molar-refractivity contribution in [2.24, 2.45) is 0 Å². The van der Waals surface area contributed by atoms with Crippen LogP contribution in [-0.4, -0.2) is 29.9 Å². The molecule has 0 amide bonds. The van der Waals surface area contributed by atoms with Crippen molar-refractivity contribution in [1.82, 2.24) is 29.9 Å². The zero-order valence-corrected chi connectivity index (χ0v) is 21.4. The van der Waals surface area contributed by atoms with Crippen LogP contribution in [-0.2, 0) is 19.5 Å². The van der Waals surface area contributed by atoms with E-state index in [-0.39, 0.29) is 19.5 Å². The Bertz CT molecular complexity index is 1610. The first-order valence-electron chi connectivity index (χ1n) is 11.6. The first-order chi connectivity index (χ1) is 17.8. The molecule has 2 N–H and O–H groups in total. The largest absolute Gasteiger partial charge is 0.355 e. The Hall–Kier alpha value is -4.48. The van der Waals surface area contributed by atoms with Crippen LogP contribution in [0.3, 0.4) is 0 Å². The van der Waals surface area contributed by atoms with Crippen molar-refractivity contribution < 1.29 is 19.5 Å². The summed E-state index contributed by atoms with van der Waals surface area (Å²) in [6.45, 7) is 0. The Morgan fingerprint density at radius 2 is 0.838 bits per heavy atom. The van der Waals surface area contributed by atoms with Crippen LogP contribution in [0.5, 0.6) is 0 Å². The number of aromatic nitrogens is 6. The Morgan fingerprint density at radius 1 is 0.432 bits per heavy atom. The van der Waals surface area contributed by atoms with Crippen LogP contribution < -0.4 is 0 Å². The molecule has 5 aromatic rings. The van der Waals surface area contributed by atoms with Gasteiger partial charge in [0.05, 0.1) is 34.2 Å². The second kappa shape index (κ2) is 11.1. The fourth-order valence-corrected chi connectivity index (χ4v) is 3.97. The molecule has 180 valence electrons. The van der Waals surface area contributed by atoms with Crippen molar-refractivity contribution in [3.8, 4) is 11.4 Å². The number of nitrogens with one attached hydrogen (secondary N) is 2. The van der Waals surface area contributed by atoms with E-state index >= 15 is 0 Å². The van der Waals surface area contributed by atoms with Crippen molar-refractivity contribution in [1.29, 1.82) is 0 Å². The van der Waals surface area contributed by atoms with Gasteiger partial charge >= 0.3 is 0 Å². The molecule has 0 unspecified atom stereocenters. The SMILES string of the molecule is C1=Cc2cc3ccc(cc4ccc(cc5nc(cc1n2)C=C5)[nH]4)[nH]3.[Ru].c1ccc(-c2ccccn2)nc1. The summed E-state index contributed by atoms with van der Waals surface area (Å²) in [6.07, 6.45) is 11.6. The average molecular weight is 568 g/mol. The van der Waals surface area contributed by atoms with E-state index in [1.165, 1.54) is 0 Å². The summed E-state index contributed by atoms with van der Waals surface area (Å²) in [4.78, 5) is 24.4. The molecule has 0 aromatic carbocycles. The smallest absolute Gasteiger partial charge is 0.0886 e. The number of rotatable bonds is 1. The van der Waals surface area contributed by atoms with Gasteiger partial charge in [0.1, 0.15) is 0 Å². The minimum atomic E-state index is 0. The Kier molecular flexibility index (Phi) is 7.24. The van der Waals surface area contributed by atoms with Gasteiger partial charge in [-0.25, -0.2) is 9.97 Å². The number of H-pyrrole nitrogens is 2. The van der Waals surface area contributed by atoms with E-state index in [1.807, 2.05) is 78.9 Å². The summed E-state index contributed by atoms with van der Waals surface area (Å²) in [6, 6.07) is 28.0. The van der Waals surface area contributed by atoms with Crippen molar-refractivity contribution >= 4 is 46.4 Å². The van der Waals surface area contributed by atoms with E-state index in [2.05, 4.69) is 60.2 Å². The van der Waals surface area contributed by atoms with E-state index in [9.17, 15) is 0 Å². The van der Waals surface area contributed by atoms with Crippen LogP contribution in [0.25, 0.3) is 57.8 Å². The second-order valence-corrected chi connectivity index (χ2v) is 8.34. The molecular formula is C30H22N6Ru. The van der Waals surface area contributed by atoms with Gasteiger partial charge in [0.15, 0.2) is 0 Å². The molecule has 2 aliphatic heterocycles. The van der Waals surface area contributed by atoms with Gasteiger partial charge in [-0.3, -0.25) is 9.97 Å². The number of nitrogens with zero attached hydrogens (tertiary/aromatic N) is 4. The standard InChI is InChI=1S/C20H14N4.C10H8N2.Ru/c1-2-14-10-16-5-6-18(23-16)12-20-8-7-19(24-20)11-17-4-3-15(22-17)9-13(1)21-14;1-3-7-11-9(5-1)10-6-2-4-8-12-10;/h1-12,21-22H;1-8H;. The number of aromatic amines is 2. The van der Waals surface area contributed by atoms with Gasteiger partial charge in [-0.1, -0.05) is 12.1 Å². The molecule has 0 spiro atoms. The first-order valence-corrected chi connectivity index (χ1v) is 11.6. The normalized spacial score (nSPS) is 11.4. The average Bonchev–Trinajstić information content (AvgIpc) is 3.72. The third-order valence-corrected chi connectivity index (χ3v) is 5.63. The maximum absolute atomic E-state index is 4.62. The Balaban J connectivity index is 0.000000183. The molecule has 0 aliphatic carbocycles. The molecule has 6 nitrogen and oxygen atoms in total. The van der Waals surface area contributed by atoms with E-state index in [4.69, 9.17) is 0 Å². The third kappa shape index (κ3) is 6.03. The molecule has 7 heterocycles. The molecule has 2 aliphatic rings. The van der Waals surface area contributed by atoms with Crippen molar-refractivity contribution in [3.63, 3.8) is 0 Å². The third-order valence-electron chi connectivity index (χ3n) is 5.63.